The third kappa shape index (κ3) is 2.48. The van der Waals surface area contributed by atoms with E-state index in [1.165, 1.54) is 19.0 Å². The minimum Gasteiger partial charge on any atom is -0.376 e. The Balaban J connectivity index is 1.80. The van der Waals surface area contributed by atoms with Crippen LogP contribution in [0.5, 0.6) is 0 Å². The van der Waals surface area contributed by atoms with E-state index in [0.717, 1.165) is 19.6 Å². The van der Waals surface area contributed by atoms with Crippen LogP contribution >= 0.6 is 0 Å². The standard InChI is InChI=1S/C9H15N5O2/c15-14(16)9-8(7-11-12-9)10-3-6-13-4-1-2-5-13/h7,10H,1-6H2,(H,11,12). The van der Waals surface area contributed by atoms with E-state index in [0.29, 0.717) is 12.2 Å². The first-order chi connectivity index (χ1) is 7.77. The van der Waals surface area contributed by atoms with E-state index in [-0.39, 0.29) is 5.82 Å². The second kappa shape index (κ2) is 4.93. The monoisotopic (exact) mass is 225 g/mol. The van der Waals surface area contributed by atoms with Crippen molar-refractivity contribution in [2.24, 2.45) is 0 Å². The second-order valence-corrected chi connectivity index (χ2v) is 3.86. The largest absolute Gasteiger partial charge is 0.376 e. The lowest BCUT2D eigenvalue weighted by atomic mass is 10.4. The Labute approximate surface area is 93.0 Å². The summed E-state index contributed by atoms with van der Waals surface area (Å²) in [4.78, 5) is 12.5. The predicted molar refractivity (Wildman–Crippen MR) is 59.4 cm³/mol. The van der Waals surface area contributed by atoms with Gasteiger partial charge >= 0.3 is 5.82 Å². The number of hydrogen-bond acceptors (Lipinski definition) is 5. The molecule has 2 N–H and O–H groups in total. The van der Waals surface area contributed by atoms with E-state index in [2.05, 4.69) is 20.4 Å². The number of hydrogen-bond donors (Lipinski definition) is 2. The molecule has 2 rings (SSSR count). The molecule has 88 valence electrons. The number of rotatable bonds is 5. The van der Waals surface area contributed by atoms with Crippen LogP contribution in [0.4, 0.5) is 11.5 Å². The van der Waals surface area contributed by atoms with E-state index < -0.39 is 4.92 Å². The molecule has 1 aromatic rings. The molecule has 0 amide bonds. The minimum atomic E-state index is -0.467. The van der Waals surface area contributed by atoms with Gasteiger partial charge in [-0.2, -0.15) is 0 Å². The van der Waals surface area contributed by atoms with Gasteiger partial charge in [0.15, 0.2) is 5.69 Å². The molecule has 0 radical (unpaired) electrons. The van der Waals surface area contributed by atoms with Gasteiger partial charge < -0.3 is 20.3 Å². The minimum absolute atomic E-state index is 0.0681. The molecule has 7 heteroatoms. The molecular weight excluding hydrogens is 210 g/mol. The summed E-state index contributed by atoms with van der Waals surface area (Å²) in [6.45, 7) is 3.90. The van der Waals surface area contributed by atoms with E-state index in [1.807, 2.05) is 0 Å². The fourth-order valence-corrected chi connectivity index (χ4v) is 1.90. The molecule has 0 aliphatic carbocycles. The van der Waals surface area contributed by atoms with Crippen molar-refractivity contribution in [3.63, 3.8) is 0 Å². The van der Waals surface area contributed by atoms with Gasteiger partial charge in [0.1, 0.15) is 6.20 Å². The normalized spacial score (nSPS) is 16.5. The van der Waals surface area contributed by atoms with Crippen molar-refractivity contribution in [2.45, 2.75) is 12.8 Å². The number of aromatic nitrogens is 2. The highest BCUT2D eigenvalue weighted by Crippen LogP contribution is 2.19. The Morgan fingerprint density at radius 3 is 3.00 bits per heavy atom. The van der Waals surface area contributed by atoms with Gasteiger partial charge in [0.2, 0.25) is 0 Å². The Kier molecular flexibility index (Phi) is 3.35. The number of likely N-dealkylation sites (tertiary alicyclic amines) is 1. The van der Waals surface area contributed by atoms with Crippen molar-refractivity contribution in [3.8, 4) is 0 Å². The van der Waals surface area contributed by atoms with Gasteiger partial charge in [0.25, 0.3) is 0 Å². The summed E-state index contributed by atoms with van der Waals surface area (Å²) in [5.41, 5.74) is 0.462. The van der Waals surface area contributed by atoms with Crippen molar-refractivity contribution in [2.75, 3.05) is 31.5 Å². The van der Waals surface area contributed by atoms with E-state index >= 15 is 0 Å². The van der Waals surface area contributed by atoms with E-state index in [1.54, 1.807) is 0 Å². The molecule has 1 saturated heterocycles. The zero-order chi connectivity index (χ0) is 11.4. The molecule has 0 bridgehead atoms. The summed E-state index contributed by atoms with van der Waals surface area (Å²) < 4.78 is 0. The first-order valence-electron chi connectivity index (χ1n) is 5.41. The summed E-state index contributed by atoms with van der Waals surface area (Å²) in [6, 6.07) is 0. The molecule has 0 spiro atoms. The molecule has 2 heterocycles. The van der Waals surface area contributed by atoms with Crippen molar-refractivity contribution >= 4 is 11.5 Å². The highest BCUT2D eigenvalue weighted by molar-refractivity contribution is 5.55. The van der Waals surface area contributed by atoms with Crippen molar-refractivity contribution < 1.29 is 4.92 Å². The zero-order valence-electron chi connectivity index (χ0n) is 8.98. The molecule has 1 aromatic heterocycles. The molecule has 1 aliphatic heterocycles. The summed E-state index contributed by atoms with van der Waals surface area (Å²) in [5, 5.41) is 19.6. The van der Waals surface area contributed by atoms with Crippen LogP contribution in [0.3, 0.4) is 0 Å². The lowest BCUT2D eigenvalue weighted by molar-refractivity contribution is -0.388. The Bertz CT molecular complexity index is 359. The van der Waals surface area contributed by atoms with E-state index in [9.17, 15) is 10.1 Å². The molecular formula is C9H15N5O2. The van der Waals surface area contributed by atoms with Crippen molar-refractivity contribution in [1.29, 1.82) is 0 Å². The molecule has 16 heavy (non-hydrogen) atoms. The predicted octanol–water partition coefficient (Wildman–Crippen LogP) is 0.826. The SMILES string of the molecule is O=[N+]([O-])c1[nH]ncc1NCCN1CCCC1. The zero-order valence-corrected chi connectivity index (χ0v) is 8.98. The van der Waals surface area contributed by atoms with Crippen LogP contribution < -0.4 is 5.32 Å². The molecule has 0 atom stereocenters. The van der Waals surface area contributed by atoms with E-state index in [4.69, 9.17) is 0 Å². The lowest BCUT2D eigenvalue weighted by Gasteiger charge is -2.14. The highest BCUT2D eigenvalue weighted by Gasteiger charge is 2.15. The smallest absolute Gasteiger partial charge is 0.366 e. The third-order valence-electron chi connectivity index (χ3n) is 2.74. The average Bonchev–Trinajstić information content (AvgIpc) is 2.87. The maximum atomic E-state index is 10.6. The van der Waals surface area contributed by atoms with Gasteiger partial charge in [-0.25, -0.2) is 0 Å². The number of H-pyrrole nitrogens is 1. The molecule has 0 unspecified atom stereocenters. The van der Waals surface area contributed by atoms with Crippen LogP contribution in [0, 0.1) is 10.1 Å². The molecule has 7 nitrogen and oxygen atoms in total. The van der Waals surface area contributed by atoms with Gasteiger partial charge in [0, 0.05) is 13.1 Å². The summed E-state index contributed by atoms with van der Waals surface area (Å²) in [6.07, 6.45) is 3.96. The summed E-state index contributed by atoms with van der Waals surface area (Å²) >= 11 is 0. The third-order valence-corrected chi connectivity index (χ3v) is 2.74. The Morgan fingerprint density at radius 1 is 1.56 bits per heavy atom. The lowest BCUT2D eigenvalue weighted by Crippen LogP contribution is -2.25. The van der Waals surface area contributed by atoms with Gasteiger partial charge in [-0.1, -0.05) is 5.10 Å². The Hall–Kier alpha value is -1.63. The highest BCUT2D eigenvalue weighted by atomic mass is 16.6. The van der Waals surface area contributed by atoms with Crippen LogP contribution in [0.25, 0.3) is 0 Å². The van der Waals surface area contributed by atoms with Gasteiger partial charge in [-0.05, 0) is 30.9 Å². The van der Waals surface area contributed by atoms with Crippen LogP contribution in [0.1, 0.15) is 12.8 Å². The fourth-order valence-electron chi connectivity index (χ4n) is 1.90. The average molecular weight is 225 g/mol. The van der Waals surface area contributed by atoms with Crippen LogP contribution in [0.2, 0.25) is 0 Å². The summed E-state index contributed by atoms with van der Waals surface area (Å²) in [7, 11) is 0. The van der Waals surface area contributed by atoms with Crippen LogP contribution in [-0.2, 0) is 0 Å². The van der Waals surface area contributed by atoms with Crippen LogP contribution in [0.15, 0.2) is 6.20 Å². The first-order valence-corrected chi connectivity index (χ1v) is 5.41. The second-order valence-electron chi connectivity index (χ2n) is 3.86. The molecule has 0 aromatic carbocycles. The van der Waals surface area contributed by atoms with Gasteiger partial charge in [-0.15, -0.1) is 5.10 Å². The quantitative estimate of drug-likeness (QED) is 0.572. The summed E-state index contributed by atoms with van der Waals surface area (Å²) in [5.74, 6) is -0.0681. The van der Waals surface area contributed by atoms with Gasteiger partial charge in [-0.3, -0.25) is 0 Å². The first kappa shape index (κ1) is 10.9. The number of nitrogens with zero attached hydrogens (tertiary/aromatic N) is 3. The maximum absolute atomic E-state index is 10.6. The Morgan fingerprint density at radius 2 is 2.31 bits per heavy atom. The topological polar surface area (TPSA) is 87.1 Å². The van der Waals surface area contributed by atoms with Crippen molar-refractivity contribution in [3.05, 3.63) is 16.3 Å². The molecule has 1 aliphatic rings. The van der Waals surface area contributed by atoms with Crippen molar-refractivity contribution in [1.82, 2.24) is 15.1 Å². The number of nitro groups is 1. The van der Waals surface area contributed by atoms with Crippen LogP contribution in [-0.4, -0.2) is 46.2 Å². The maximum Gasteiger partial charge on any atom is 0.366 e. The number of nitrogens with one attached hydrogen (secondary N) is 2. The number of aromatic amines is 1. The molecule has 1 fully saturated rings. The fraction of sp³-hybridized carbons (Fsp3) is 0.667. The van der Waals surface area contributed by atoms with Gasteiger partial charge in [0.05, 0.1) is 0 Å². The molecule has 0 saturated carbocycles. The number of anilines is 1.